The van der Waals surface area contributed by atoms with E-state index in [1.54, 1.807) is 0 Å². The fourth-order valence-electron chi connectivity index (χ4n) is 3.93. The third-order valence-corrected chi connectivity index (χ3v) is 7.65. The fourth-order valence-corrected chi connectivity index (χ4v) is 5.85. The lowest BCUT2D eigenvalue weighted by Gasteiger charge is -2.38. The van der Waals surface area contributed by atoms with Crippen LogP contribution in [-0.2, 0) is 13.5 Å². The zero-order valence-electron chi connectivity index (χ0n) is 17.8. The Morgan fingerprint density at radius 3 is 2.76 bits per heavy atom. The summed E-state index contributed by atoms with van der Waals surface area (Å²) in [5, 5.41) is 5.46. The van der Waals surface area contributed by atoms with Crippen LogP contribution in [0.15, 0.2) is 59.5 Å². The first-order valence-electron chi connectivity index (χ1n) is 10.6. The maximum absolute atomic E-state index is 4.47. The molecule has 1 aromatic carbocycles. The van der Waals surface area contributed by atoms with E-state index in [4.69, 9.17) is 0 Å². The van der Waals surface area contributed by atoms with Crippen molar-refractivity contribution in [1.29, 1.82) is 0 Å². The summed E-state index contributed by atoms with van der Waals surface area (Å²) in [4.78, 5) is 4.47. The van der Waals surface area contributed by atoms with E-state index in [0.717, 1.165) is 30.3 Å². The van der Waals surface area contributed by atoms with Crippen LogP contribution in [0.1, 0.15) is 31.7 Å². The monoisotopic (exact) mass is 430 g/mol. The minimum atomic E-state index is 0.463. The molecule has 6 heteroatoms. The summed E-state index contributed by atoms with van der Waals surface area (Å²) in [6.07, 6.45) is 11.1. The smallest absolute Gasteiger partial charge is 0.167 e. The van der Waals surface area contributed by atoms with E-state index >= 15 is 0 Å². The lowest BCUT2D eigenvalue weighted by molar-refractivity contribution is 0.339. The van der Waals surface area contributed by atoms with Gasteiger partial charge in [0.1, 0.15) is 0 Å². The number of thioether (sulfide) groups is 1. The molecular weight excluding hydrogens is 396 g/mol. The molecule has 29 heavy (non-hydrogen) atoms. The van der Waals surface area contributed by atoms with Crippen LogP contribution in [0, 0.1) is 5.92 Å². The molecule has 0 bridgehead atoms. The van der Waals surface area contributed by atoms with Gasteiger partial charge >= 0.3 is 0 Å². The van der Waals surface area contributed by atoms with Gasteiger partial charge < -0.3 is 9.88 Å². The van der Waals surface area contributed by atoms with Crippen molar-refractivity contribution >= 4 is 23.7 Å². The zero-order chi connectivity index (χ0) is 20.5. The standard InChI is InChI=1S/C23H34N4S2/c1-4-5-11-25-21-15-19(17-28-23-26-12-13-27(23)3)16-22(29-24-2)20(21)14-18-9-7-6-8-10-18/h6-10,12-13,16,20-22,24-25H,4-5,11,14-15,17H2,1-3H3. The summed E-state index contributed by atoms with van der Waals surface area (Å²) >= 11 is 3.70. The Bertz CT molecular complexity index is 759. The van der Waals surface area contributed by atoms with Gasteiger partial charge in [0.2, 0.25) is 0 Å². The summed E-state index contributed by atoms with van der Waals surface area (Å²) in [6.45, 7) is 3.36. The van der Waals surface area contributed by atoms with Crippen molar-refractivity contribution in [3.8, 4) is 0 Å². The highest BCUT2D eigenvalue weighted by molar-refractivity contribution is 7.99. The average Bonchev–Trinajstić information content (AvgIpc) is 3.14. The van der Waals surface area contributed by atoms with Crippen molar-refractivity contribution in [2.24, 2.45) is 13.0 Å². The molecule has 1 aromatic heterocycles. The molecule has 2 aromatic rings. The molecule has 0 aliphatic heterocycles. The van der Waals surface area contributed by atoms with Gasteiger partial charge in [-0.25, -0.2) is 4.98 Å². The van der Waals surface area contributed by atoms with Crippen molar-refractivity contribution < 1.29 is 0 Å². The van der Waals surface area contributed by atoms with Crippen LogP contribution in [0.4, 0.5) is 0 Å². The SMILES string of the molecule is CCCCNC1CC(CSc2nccn2C)=CC(SNC)C1Cc1ccccc1. The lowest BCUT2D eigenvalue weighted by Crippen LogP contribution is -2.45. The average molecular weight is 431 g/mol. The molecule has 0 radical (unpaired) electrons. The van der Waals surface area contributed by atoms with E-state index in [2.05, 4.69) is 70.0 Å². The number of unbranched alkanes of at least 4 members (excludes halogenated alkanes) is 1. The maximum atomic E-state index is 4.47. The Labute approximate surface area is 184 Å². The summed E-state index contributed by atoms with van der Waals surface area (Å²) in [6, 6.07) is 11.5. The number of rotatable bonds is 11. The number of nitrogens with one attached hydrogen (secondary N) is 2. The van der Waals surface area contributed by atoms with Crippen LogP contribution < -0.4 is 10.0 Å². The number of hydrogen-bond acceptors (Lipinski definition) is 5. The first kappa shape index (κ1) is 22.5. The van der Waals surface area contributed by atoms with Gasteiger partial charge in [-0.3, -0.25) is 4.72 Å². The molecule has 0 fully saturated rings. The first-order valence-corrected chi connectivity index (χ1v) is 12.5. The molecular formula is C23H34N4S2. The van der Waals surface area contributed by atoms with Crippen LogP contribution in [-0.4, -0.2) is 40.2 Å². The van der Waals surface area contributed by atoms with Crippen LogP contribution in [0.25, 0.3) is 0 Å². The molecule has 0 spiro atoms. The van der Waals surface area contributed by atoms with Gasteiger partial charge in [-0.2, -0.15) is 0 Å². The van der Waals surface area contributed by atoms with Crippen LogP contribution in [0.3, 0.4) is 0 Å². The minimum absolute atomic E-state index is 0.463. The normalized spacial score (nSPS) is 21.9. The summed E-state index contributed by atoms with van der Waals surface area (Å²) in [7, 11) is 4.10. The molecule has 1 aliphatic rings. The van der Waals surface area contributed by atoms with Gasteiger partial charge in [-0.05, 0) is 44.3 Å². The Kier molecular flexibility index (Phi) is 9.18. The first-order chi connectivity index (χ1) is 14.2. The molecule has 0 saturated carbocycles. The Hall–Kier alpha value is -1.21. The number of benzene rings is 1. The van der Waals surface area contributed by atoms with E-state index in [0.29, 0.717) is 17.2 Å². The Morgan fingerprint density at radius 2 is 2.07 bits per heavy atom. The number of aromatic nitrogens is 2. The Morgan fingerprint density at radius 1 is 1.24 bits per heavy atom. The molecule has 0 amide bonds. The number of hydrogen-bond donors (Lipinski definition) is 2. The lowest BCUT2D eigenvalue weighted by atomic mass is 9.81. The van der Waals surface area contributed by atoms with E-state index < -0.39 is 0 Å². The highest BCUT2D eigenvalue weighted by Gasteiger charge is 2.33. The topological polar surface area (TPSA) is 41.9 Å². The van der Waals surface area contributed by atoms with Gasteiger partial charge in [0.05, 0.1) is 0 Å². The molecule has 1 heterocycles. The third kappa shape index (κ3) is 6.64. The predicted octanol–water partition coefficient (Wildman–Crippen LogP) is 4.70. The van der Waals surface area contributed by atoms with Crippen molar-refractivity contribution in [2.75, 3.05) is 19.3 Å². The van der Waals surface area contributed by atoms with Crippen molar-refractivity contribution in [3.63, 3.8) is 0 Å². The number of nitrogens with zero attached hydrogens (tertiary/aromatic N) is 2. The second-order valence-electron chi connectivity index (χ2n) is 7.69. The quantitative estimate of drug-likeness (QED) is 0.234. The summed E-state index contributed by atoms with van der Waals surface area (Å²) in [5.74, 6) is 1.59. The second kappa shape index (κ2) is 11.8. The molecule has 4 nitrogen and oxygen atoms in total. The van der Waals surface area contributed by atoms with Crippen molar-refractivity contribution in [1.82, 2.24) is 19.6 Å². The minimum Gasteiger partial charge on any atom is -0.329 e. The van der Waals surface area contributed by atoms with Crippen LogP contribution >= 0.6 is 23.7 Å². The summed E-state index contributed by atoms with van der Waals surface area (Å²) in [5.41, 5.74) is 2.96. The van der Waals surface area contributed by atoms with Gasteiger partial charge in [-0.15, -0.1) is 0 Å². The van der Waals surface area contributed by atoms with Gasteiger partial charge in [0.15, 0.2) is 5.16 Å². The van der Waals surface area contributed by atoms with Gasteiger partial charge in [0, 0.05) is 36.5 Å². The van der Waals surface area contributed by atoms with E-state index in [1.165, 1.54) is 24.0 Å². The van der Waals surface area contributed by atoms with Crippen molar-refractivity contribution in [2.45, 2.75) is 49.1 Å². The fraction of sp³-hybridized carbons (Fsp3) is 0.522. The second-order valence-corrected chi connectivity index (χ2v) is 9.82. The summed E-state index contributed by atoms with van der Waals surface area (Å²) < 4.78 is 5.46. The van der Waals surface area contributed by atoms with Crippen molar-refractivity contribution in [3.05, 3.63) is 59.9 Å². The maximum Gasteiger partial charge on any atom is 0.167 e. The van der Waals surface area contributed by atoms with E-state index in [9.17, 15) is 0 Å². The molecule has 158 valence electrons. The van der Waals surface area contributed by atoms with Gasteiger partial charge in [0.25, 0.3) is 0 Å². The predicted molar refractivity (Wildman–Crippen MR) is 127 cm³/mol. The van der Waals surface area contributed by atoms with Gasteiger partial charge in [-0.1, -0.05) is 79.0 Å². The number of aryl methyl sites for hydroxylation is 1. The van der Waals surface area contributed by atoms with Crippen LogP contribution in [0.2, 0.25) is 0 Å². The number of imidazole rings is 1. The largest absolute Gasteiger partial charge is 0.329 e. The molecule has 0 saturated heterocycles. The molecule has 2 N–H and O–H groups in total. The molecule has 3 unspecified atom stereocenters. The van der Waals surface area contributed by atoms with Crippen LogP contribution in [0.5, 0.6) is 0 Å². The molecule has 1 aliphatic carbocycles. The third-order valence-electron chi connectivity index (χ3n) is 5.49. The zero-order valence-corrected chi connectivity index (χ0v) is 19.4. The Balaban J connectivity index is 1.75. The highest BCUT2D eigenvalue weighted by Crippen LogP contribution is 2.35. The highest BCUT2D eigenvalue weighted by atomic mass is 32.2. The molecule has 3 atom stereocenters. The molecule has 3 rings (SSSR count). The van der Waals surface area contributed by atoms with E-state index in [1.807, 2.05) is 43.2 Å². The van der Waals surface area contributed by atoms with E-state index in [-0.39, 0.29) is 0 Å².